The van der Waals surface area contributed by atoms with E-state index in [2.05, 4.69) is 14.5 Å². The second kappa shape index (κ2) is 9.14. The van der Waals surface area contributed by atoms with Gasteiger partial charge in [-0.3, -0.25) is 4.79 Å². The topological polar surface area (TPSA) is 90.4 Å². The van der Waals surface area contributed by atoms with Gasteiger partial charge >= 0.3 is 11.9 Å². The van der Waals surface area contributed by atoms with E-state index >= 15 is 0 Å². The van der Waals surface area contributed by atoms with Gasteiger partial charge in [-0.05, 0) is 19.1 Å². The lowest BCUT2D eigenvalue weighted by atomic mass is 10.4. The third-order valence-electron chi connectivity index (χ3n) is 2.77. The first kappa shape index (κ1) is 19.8. The van der Waals surface area contributed by atoms with Gasteiger partial charge in [0.25, 0.3) is 0 Å². The summed E-state index contributed by atoms with van der Waals surface area (Å²) in [4.78, 5) is 35.5. The van der Waals surface area contributed by atoms with Crippen LogP contribution in [0.25, 0.3) is 0 Å². The Morgan fingerprint density at radius 1 is 1.08 bits per heavy atom. The number of rotatable bonds is 4. The van der Waals surface area contributed by atoms with Crippen LogP contribution in [0.4, 0.5) is 0 Å². The standard InChI is InChI=1S/C9H10ClNO3.C6H6ClNO2/c1-6(12)5-11-4-3-7(10)8(11)9(13)14-2;1-10-6(9)5-4(7)2-3-8-5/h3-4H,5H2,1-2H3;2-3,8H,1H3. The molecular weight excluding hydrogens is 359 g/mol. The first-order valence-electron chi connectivity index (χ1n) is 6.65. The number of nitrogens with zero attached hydrogens (tertiary/aromatic N) is 1. The molecule has 0 saturated carbocycles. The monoisotopic (exact) mass is 374 g/mol. The number of aromatic amines is 1. The van der Waals surface area contributed by atoms with Gasteiger partial charge in [-0.25, -0.2) is 9.59 Å². The van der Waals surface area contributed by atoms with Crippen LogP contribution in [-0.2, 0) is 20.8 Å². The molecular formula is C15H16Cl2N2O5. The van der Waals surface area contributed by atoms with Crippen molar-refractivity contribution in [3.63, 3.8) is 0 Å². The zero-order valence-electron chi connectivity index (χ0n) is 13.3. The van der Waals surface area contributed by atoms with Crippen molar-refractivity contribution in [3.05, 3.63) is 46.0 Å². The van der Waals surface area contributed by atoms with Gasteiger partial charge in [0.15, 0.2) is 0 Å². The Morgan fingerprint density at radius 2 is 1.71 bits per heavy atom. The maximum absolute atomic E-state index is 11.3. The van der Waals surface area contributed by atoms with Crippen LogP contribution < -0.4 is 0 Å². The summed E-state index contributed by atoms with van der Waals surface area (Å²) in [6.45, 7) is 1.56. The van der Waals surface area contributed by atoms with E-state index in [1.54, 1.807) is 24.5 Å². The molecule has 0 unspecified atom stereocenters. The Labute approximate surface area is 148 Å². The highest BCUT2D eigenvalue weighted by atomic mass is 35.5. The minimum Gasteiger partial charge on any atom is -0.464 e. The summed E-state index contributed by atoms with van der Waals surface area (Å²) < 4.78 is 10.4. The van der Waals surface area contributed by atoms with Crippen molar-refractivity contribution in [1.29, 1.82) is 0 Å². The highest BCUT2D eigenvalue weighted by molar-refractivity contribution is 6.33. The third kappa shape index (κ3) is 5.14. The number of ketones is 1. The molecule has 0 bridgehead atoms. The van der Waals surface area contributed by atoms with E-state index in [0.29, 0.717) is 10.7 Å². The van der Waals surface area contributed by atoms with E-state index < -0.39 is 11.9 Å². The molecule has 24 heavy (non-hydrogen) atoms. The Bertz CT molecular complexity index is 736. The van der Waals surface area contributed by atoms with Gasteiger partial charge in [-0.1, -0.05) is 23.2 Å². The second-order valence-corrected chi connectivity index (χ2v) is 5.34. The van der Waals surface area contributed by atoms with Gasteiger partial charge < -0.3 is 19.0 Å². The molecule has 0 aliphatic carbocycles. The molecule has 0 aliphatic heterocycles. The van der Waals surface area contributed by atoms with Crippen LogP contribution in [0.1, 0.15) is 27.9 Å². The molecule has 2 rings (SSSR count). The average molecular weight is 375 g/mol. The molecule has 0 aromatic carbocycles. The number of aromatic nitrogens is 2. The predicted octanol–water partition coefficient (Wildman–Crippen LogP) is 2.97. The molecule has 0 fully saturated rings. The van der Waals surface area contributed by atoms with Crippen molar-refractivity contribution < 1.29 is 23.9 Å². The normalized spacial score (nSPS) is 9.71. The highest BCUT2D eigenvalue weighted by Gasteiger charge is 2.16. The third-order valence-corrected chi connectivity index (χ3v) is 3.39. The fourth-order valence-electron chi connectivity index (χ4n) is 1.74. The number of esters is 2. The number of H-pyrrole nitrogens is 1. The van der Waals surface area contributed by atoms with E-state index in [-0.39, 0.29) is 23.0 Å². The lowest BCUT2D eigenvalue weighted by Crippen LogP contribution is -2.14. The van der Waals surface area contributed by atoms with Crippen molar-refractivity contribution in [3.8, 4) is 0 Å². The number of carbonyl (C=O) groups is 3. The fourth-order valence-corrected chi connectivity index (χ4v) is 2.17. The van der Waals surface area contributed by atoms with Crippen LogP contribution >= 0.6 is 23.2 Å². The van der Waals surface area contributed by atoms with Crippen LogP contribution in [0.15, 0.2) is 24.5 Å². The molecule has 7 nitrogen and oxygen atoms in total. The summed E-state index contributed by atoms with van der Waals surface area (Å²) in [6.07, 6.45) is 3.16. The maximum Gasteiger partial charge on any atom is 0.356 e. The minimum atomic E-state index is -0.541. The maximum atomic E-state index is 11.3. The second-order valence-electron chi connectivity index (χ2n) is 4.53. The smallest absolute Gasteiger partial charge is 0.356 e. The summed E-state index contributed by atoms with van der Waals surface area (Å²) in [7, 11) is 2.57. The SMILES string of the molecule is COC(=O)c1[nH]ccc1Cl.COC(=O)c1c(Cl)ccn1CC(C)=O. The van der Waals surface area contributed by atoms with Crippen LogP contribution in [-0.4, -0.2) is 41.5 Å². The van der Waals surface area contributed by atoms with Crippen LogP contribution in [0.3, 0.4) is 0 Å². The van der Waals surface area contributed by atoms with E-state index in [4.69, 9.17) is 23.2 Å². The van der Waals surface area contributed by atoms with E-state index in [9.17, 15) is 14.4 Å². The average Bonchev–Trinajstić information content (AvgIpc) is 3.12. The molecule has 0 amide bonds. The van der Waals surface area contributed by atoms with Gasteiger partial charge in [0, 0.05) is 12.4 Å². The largest absolute Gasteiger partial charge is 0.464 e. The summed E-state index contributed by atoms with van der Waals surface area (Å²) in [5.41, 5.74) is 0.508. The highest BCUT2D eigenvalue weighted by Crippen LogP contribution is 2.18. The Kier molecular flexibility index (Phi) is 7.54. The van der Waals surface area contributed by atoms with Crippen molar-refractivity contribution in [2.24, 2.45) is 0 Å². The lowest BCUT2D eigenvalue weighted by molar-refractivity contribution is -0.117. The van der Waals surface area contributed by atoms with E-state index in [1.165, 1.54) is 25.7 Å². The molecule has 9 heteroatoms. The zero-order chi connectivity index (χ0) is 18.3. The lowest BCUT2D eigenvalue weighted by Gasteiger charge is -2.05. The number of carbonyl (C=O) groups excluding carboxylic acids is 3. The number of nitrogens with one attached hydrogen (secondary N) is 1. The Hall–Kier alpha value is -2.25. The number of ether oxygens (including phenoxy) is 2. The van der Waals surface area contributed by atoms with Gasteiger partial charge in [0.05, 0.1) is 30.8 Å². The summed E-state index contributed by atoms with van der Waals surface area (Å²) in [5, 5.41) is 0.671. The molecule has 1 N–H and O–H groups in total. The fraction of sp³-hybridized carbons (Fsp3) is 0.267. The zero-order valence-corrected chi connectivity index (χ0v) is 14.8. The predicted molar refractivity (Wildman–Crippen MR) is 88.6 cm³/mol. The Balaban J connectivity index is 0.000000254. The molecule has 2 heterocycles. The van der Waals surface area contributed by atoms with Crippen molar-refractivity contribution in [2.75, 3.05) is 14.2 Å². The number of halogens is 2. The molecule has 0 spiro atoms. The first-order valence-corrected chi connectivity index (χ1v) is 7.41. The molecule has 2 aromatic rings. The number of methoxy groups -OCH3 is 2. The van der Waals surface area contributed by atoms with Gasteiger partial charge in [-0.15, -0.1) is 0 Å². The van der Waals surface area contributed by atoms with Gasteiger partial charge in [0.2, 0.25) is 0 Å². The van der Waals surface area contributed by atoms with Crippen LogP contribution in [0, 0.1) is 0 Å². The summed E-state index contributed by atoms with van der Waals surface area (Å²) >= 11 is 11.4. The molecule has 0 atom stereocenters. The first-order chi connectivity index (χ1) is 11.3. The quantitative estimate of drug-likeness (QED) is 0.830. The van der Waals surface area contributed by atoms with Crippen LogP contribution in [0.5, 0.6) is 0 Å². The number of hydrogen-bond acceptors (Lipinski definition) is 5. The number of Topliss-reactive ketones (excluding diaryl/α,β-unsaturated/α-hetero) is 1. The summed E-state index contributed by atoms with van der Waals surface area (Å²) in [5.74, 6) is -1.04. The van der Waals surface area contributed by atoms with Crippen molar-refractivity contribution in [1.82, 2.24) is 9.55 Å². The molecule has 2 aromatic heterocycles. The van der Waals surface area contributed by atoms with E-state index in [0.717, 1.165) is 0 Å². The Morgan fingerprint density at radius 3 is 2.17 bits per heavy atom. The van der Waals surface area contributed by atoms with Gasteiger partial charge in [-0.2, -0.15) is 0 Å². The summed E-state index contributed by atoms with van der Waals surface area (Å²) in [6, 6.07) is 3.14. The molecule has 0 radical (unpaired) electrons. The minimum absolute atomic E-state index is 0.0533. The molecule has 0 saturated heterocycles. The molecule has 0 aliphatic rings. The van der Waals surface area contributed by atoms with Crippen LogP contribution in [0.2, 0.25) is 10.0 Å². The van der Waals surface area contributed by atoms with Crippen molar-refractivity contribution >= 4 is 40.9 Å². The number of hydrogen-bond donors (Lipinski definition) is 1. The van der Waals surface area contributed by atoms with Crippen molar-refractivity contribution in [2.45, 2.75) is 13.5 Å². The van der Waals surface area contributed by atoms with Gasteiger partial charge in [0.1, 0.15) is 17.2 Å². The van der Waals surface area contributed by atoms with E-state index in [1.807, 2.05) is 0 Å². The molecule has 130 valence electrons.